The molecule has 1 heteroatoms. The van der Waals surface area contributed by atoms with E-state index in [4.69, 9.17) is 0 Å². The van der Waals surface area contributed by atoms with Crippen molar-refractivity contribution in [3.8, 4) is 0 Å². The predicted octanol–water partition coefficient (Wildman–Crippen LogP) is 3.49. The molecule has 0 amide bonds. The fourth-order valence-corrected chi connectivity index (χ4v) is 4.28. The summed E-state index contributed by atoms with van der Waals surface area (Å²) < 4.78 is 0. The van der Waals surface area contributed by atoms with Crippen LogP contribution in [-0.4, -0.2) is 12.1 Å². The van der Waals surface area contributed by atoms with Crippen molar-refractivity contribution in [2.45, 2.75) is 76.3 Å². The van der Waals surface area contributed by atoms with Crippen LogP contribution in [0, 0.1) is 11.8 Å². The van der Waals surface area contributed by atoms with Gasteiger partial charge in [0.2, 0.25) is 0 Å². The molecule has 2 atom stereocenters. The van der Waals surface area contributed by atoms with E-state index in [9.17, 15) is 0 Å². The molecule has 0 heterocycles. The normalized spacial score (nSPS) is 42.0. The molecule has 3 aliphatic carbocycles. The third-order valence-corrected chi connectivity index (χ3v) is 5.11. The van der Waals surface area contributed by atoms with E-state index in [1.165, 1.54) is 64.2 Å². The van der Waals surface area contributed by atoms with E-state index in [-0.39, 0.29) is 0 Å². The lowest BCUT2D eigenvalue weighted by atomic mass is 9.83. The third kappa shape index (κ3) is 2.08. The summed E-state index contributed by atoms with van der Waals surface area (Å²) in [4.78, 5) is 0. The Hall–Kier alpha value is -0.0400. The molecule has 3 rings (SSSR count). The zero-order valence-corrected chi connectivity index (χ0v) is 9.88. The lowest BCUT2D eigenvalue weighted by molar-refractivity contribution is 0.215. The largest absolute Gasteiger partial charge is 0.311 e. The molecule has 0 aliphatic heterocycles. The number of hydrogen-bond donors (Lipinski definition) is 1. The number of fused-ring (bicyclic) bond motifs is 2. The van der Waals surface area contributed by atoms with E-state index >= 15 is 0 Å². The Labute approximate surface area is 94.0 Å². The van der Waals surface area contributed by atoms with Gasteiger partial charge in [0.05, 0.1) is 0 Å². The van der Waals surface area contributed by atoms with Gasteiger partial charge in [-0.25, -0.2) is 0 Å². The predicted molar refractivity (Wildman–Crippen MR) is 63.9 cm³/mol. The smallest absolute Gasteiger partial charge is 0.0126 e. The van der Waals surface area contributed by atoms with Crippen LogP contribution < -0.4 is 5.32 Å². The summed E-state index contributed by atoms with van der Waals surface area (Å²) in [7, 11) is 0. The van der Waals surface area contributed by atoms with Crippen LogP contribution in [0.15, 0.2) is 0 Å². The summed E-state index contributed by atoms with van der Waals surface area (Å²) in [5.41, 5.74) is 0. The van der Waals surface area contributed by atoms with Crippen LogP contribution >= 0.6 is 0 Å². The van der Waals surface area contributed by atoms with Gasteiger partial charge in [0.15, 0.2) is 0 Å². The van der Waals surface area contributed by atoms with Gasteiger partial charge in [0.25, 0.3) is 0 Å². The van der Waals surface area contributed by atoms with E-state index in [1.54, 1.807) is 0 Å². The van der Waals surface area contributed by atoms with E-state index < -0.39 is 0 Å². The molecule has 0 saturated heterocycles. The minimum atomic E-state index is 0.880. The van der Waals surface area contributed by atoms with Crippen LogP contribution in [0.3, 0.4) is 0 Å². The van der Waals surface area contributed by atoms with Crippen molar-refractivity contribution >= 4 is 0 Å². The van der Waals surface area contributed by atoms with Crippen LogP contribution in [0.4, 0.5) is 0 Å². The molecule has 15 heavy (non-hydrogen) atoms. The molecular formula is C14H25N. The monoisotopic (exact) mass is 207 g/mol. The Morgan fingerprint density at radius 2 is 1.27 bits per heavy atom. The number of nitrogens with one attached hydrogen (secondary N) is 1. The van der Waals surface area contributed by atoms with Gasteiger partial charge in [0.1, 0.15) is 0 Å². The van der Waals surface area contributed by atoms with Crippen molar-refractivity contribution in [1.82, 2.24) is 5.32 Å². The fourth-order valence-electron chi connectivity index (χ4n) is 4.28. The molecule has 3 fully saturated rings. The standard InChI is InChI=1S/C14H25N/c1-2-7-13(8-3-1)15-14-11-5-4-6-12(14)10-9-11/h11-15H,1-10H2. The van der Waals surface area contributed by atoms with Crippen molar-refractivity contribution < 1.29 is 0 Å². The van der Waals surface area contributed by atoms with Crippen LogP contribution in [0.1, 0.15) is 64.2 Å². The van der Waals surface area contributed by atoms with Crippen molar-refractivity contribution in [3.63, 3.8) is 0 Å². The zero-order chi connectivity index (χ0) is 10.1. The van der Waals surface area contributed by atoms with E-state index in [2.05, 4.69) is 5.32 Å². The Kier molecular flexibility index (Phi) is 3.01. The Morgan fingerprint density at radius 3 is 1.93 bits per heavy atom. The Morgan fingerprint density at radius 1 is 0.600 bits per heavy atom. The number of hydrogen-bond acceptors (Lipinski definition) is 1. The second-order valence-electron chi connectivity index (χ2n) is 6.06. The van der Waals surface area contributed by atoms with Gasteiger partial charge >= 0.3 is 0 Å². The quantitative estimate of drug-likeness (QED) is 0.731. The molecule has 2 unspecified atom stereocenters. The molecule has 0 radical (unpaired) electrons. The minimum Gasteiger partial charge on any atom is -0.311 e. The van der Waals surface area contributed by atoms with Gasteiger partial charge in [-0.2, -0.15) is 0 Å². The maximum Gasteiger partial charge on any atom is 0.0126 e. The number of rotatable bonds is 2. The summed E-state index contributed by atoms with van der Waals surface area (Å²) in [5, 5.41) is 4.02. The molecule has 0 aromatic rings. The molecule has 3 saturated carbocycles. The maximum atomic E-state index is 4.02. The van der Waals surface area contributed by atoms with Crippen LogP contribution in [-0.2, 0) is 0 Å². The molecule has 86 valence electrons. The molecule has 1 N–H and O–H groups in total. The molecule has 2 bridgehead atoms. The molecule has 0 spiro atoms. The first-order valence-electron chi connectivity index (χ1n) is 7.19. The van der Waals surface area contributed by atoms with E-state index in [1.807, 2.05) is 0 Å². The van der Waals surface area contributed by atoms with Crippen molar-refractivity contribution in [3.05, 3.63) is 0 Å². The van der Waals surface area contributed by atoms with Gasteiger partial charge in [0, 0.05) is 12.1 Å². The summed E-state index contributed by atoms with van der Waals surface area (Å²) in [6, 6.07) is 1.80. The highest BCUT2D eigenvalue weighted by Crippen LogP contribution is 2.42. The van der Waals surface area contributed by atoms with Gasteiger partial charge in [-0.3, -0.25) is 0 Å². The SMILES string of the molecule is C1CCC(NC2C3CCCC2CC3)CC1. The molecule has 0 aromatic carbocycles. The summed E-state index contributed by atoms with van der Waals surface area (Å²) in [6.45, 7) is 0. The molecule has 1 nitrogen and oxygen atoms in total. The lowest BCUT2D eigenvalue weighted by Gasteiger charge is -2.35. The first-order valence-corrected chi connectivity index (χ1v) is 7.19. The topological polar surface area (TPSA) is 12.0 Å². The highest BCUT2D eigenvalue weighted by Gasteiger charge is 2.39. The van der Waals surface area contributed by atoms with Gasteiger partial charge in [-0.05, 0) is 50.4 Å². The van der Waals surface area contributed by atoms with Crippen molar-refractivity contribution in [2.24, 2.45) is 11.8 Å². The van der Waals surface area contributed by atoms with Crippen molar-refractivity contribution in [1.29, 1.82) is 0 Å². The van der Waals surface area contributed by atoms with Gasteiger partial charge in [-0.1, -0.05) is 25.7 Å². The highest BCUT2D eigenvalue weighted by molar-refractivity contribution is 4.95. The Balaban J connectivity index is 1.57. The maximum absolute atomic E-state index is 4.02. The molecule has 3 aliphatic rings. The molecular weight excluding hydrogens is 182 g/mol. The molecule has 0 aromatic heterocycles. The Bertz CT molecular complexity index is 191. The van der Waals surface area contributed by atoms with Crippen molar-refractivity contribution in [2.75, 3.05) is 0 Å². The minimum absolute atomic E-state index is 0.880. The first kappa shape index (κ1) is 10.1. The average Bonchev–Trinajstić information content (AvgIpc) is 2.53. The summed E-state index contributed by atoms with van der Waals surface area (Å²) in [5.74, 6) is 2.09. The highest BCUT2D eigenvalue weighted by atomic mass is 15.0. The lowest BCUT2D eigenvalue weighted by Crippen LogP contribution is -2.46. The zero-order valence-electron chi connectivity index (χ0n) is 9.88. The van der Waals surface area contributed by atoms with E-state index in [0.717, 1.165) is 23.9 Å². The van der Waals surface area contributed by atoms with Crippen LogP contribution in [0.25, 0.3) is 0 Å². The second kappa shape index (κ2) is 4.45. The summed E-state index contributed by atoms with van der Waals surface area (Å²) in [6.07, 6.45) is 14.9. The second-order valence-corrected chi connectivity index (χ2v) is 6.06. The first-order chi connectivity index (χ1) is 7.43. The third-order valence-electron chi connectivity index (χ3n) is 5.11. The van der Waals surface area contributed by atoms with E-state index in [0.29, 0.717) is 0 Å². The van der Waals surface area contributed by atoms with Crippen LogP contribution in [0.2, 0.25) is 0 Å². The van der Waals surface area contributed by atoms with Crippen LogP contribution in [0.5, 0.6) is 0 Å². The van der Waals surface area contributed by atoms with Gasteiger partial charge < -0.3 is 5.32 Å². The fraction of sp³-hybridized carbons (Fsp3) is 1.00. The van der Waals surface area contributed by atoms with Gasteiger partial charge in [-0.15, -0.1) is 0 Å². The average molecular weight is 207 g/mol. The summed E-state index contributed by atoms with van der Waals surface area (Å²) >= 11 is 0.